The van der Waals surface area contributed by atoms with Crippen molar-refractivity contribution in [2.45, 2.75) is 25.0 Å². The van der Waals surface area contributed by atoms with Gasteiger partial charge in [-0.2, -0.15) is 0 Å². The molecule has 2 aromatic carbocycles. The lowest BCUT2D eigenvalue weighted by atomic mass is 10.00. The highest BCUT2D eigenvalue weighted by molar-refractivity contribution is 9.10. The van der Waals surface area contributed by atoms with Gasteiger partial charge in [0.2, 0.25) is 0 Å². The second-order valence-corrected chi connectivity index (χ2v) is 7.61. The molecule has 8 nitrogen and oxygen atoms in total. The van der Waals surface area contributed by atoms with E-state index in [0.717, 1.165) is 10.5 Å². The van der Waals surface area contributed by atoms with Crippen LogP contribution in [0.25, 0.3) is 0 Å². The summed E-state index contributed by atoms with van der Waals surface area (Å²) in [7, 11) is 1.50. The molecule has 0 aliphatic heterocycles. The van der Waals surface area contributed by atoms with Crippen molar-refractivity contribution in [1.82, 2.24) is 0 Å². The molecule has 0 aliphatic rings. The molecule has 0 spiro atoms. The molecule has 2 rings (SSSR count). The first-order chi connectivity index (χ1) is 15.4. The molecule has 0 aliphatic carbocycles. The van der Waals surface area contributed by atoms with E-state index >= 15 is 0 Å². The minimum Gasteiger partial charge on any atom is -0.491 e. The third kappa shape index (κ3) is 8.70. The maximum absolute atomic E-state index is 12.6. The van der Waals surface area contributed by atoms with Crippen molar-refractivity contribution in [3.8, 4) is 5.75 Å². The van der Waals surface area contributed by atoms with Crippen molar-refractivity contribution in [3.63, 3.8) is 0 Å². The quantitative estimate of drug-likeness (QED) is 0.361. The third-order valence-electron chi connectivity index (χ3n) is 4.39. The Kier molecular flexibility index (Phi) is 10.7. The minimum absolute atomic E-state index is 0.129. The van der Waals surface area contributed by atoms with Crippen LogP contribution in [0.5, 0.6) is 5.75 Å². The Hall–Kier alpha value is -2.88. The Balaban J connectivity index is 2.21. The molecule has 0 fully saturated rings. The predicted octanol–water partition coefficient (Wildman–Crippen LogP) is 4.55. The summed E-state index contributed by atoms with van der Waals surface area (Å²) in [5, 5.41) is 20.5. The lowest BCUT2D eigenvalue weighted by molar-refractivity contribution is -0.131. The summed E-state index contributed by atoms with van der Waals surface area (Å²) in [6.07, 6.45) is 1.42. The smallest absolute Gasteiger partial charge is 0.412 e. The fourth-order valence-electron chi connectivity index (χ4n) is 2.94. The molecule has 172 valence electrons. The highest BCUT2D eigenvalue weighted by atomic mass is 79.9. The second kappa shape index (κ2) is 13.5. The molecule has 0 radical (unpaired) electrons. The molecule has 1 amide bonds. The van der Waals surface area contributed by atoms with Crippen molar-refractivity contribution >= 4 is 33.7 Å². The number of ether oxygens (including phenoxy) is 3. The van der Waals surface area contributed by atoms with E-state index in [0.29, 0.717) is 29.8 Å². The van der Waals surface area contributed by atoms with Gasteiger partial charge in [-0.25, -0.2) is 9.59 Å². The molecule has 2 aromatic rings. The van der Waals surface area contributed by atoms with Crippen LogP contribution in [-0.2, 0) is 14.3 Å². The van der Waals surface area contributed by atoms with Gasteiger partial charge in [-0.1, -0.05) is 34.1 Å². The van der Waals surface area contributed by atoms with E-state index in [9.17, 15) is 9.59 Å². The fraction of sp³-hybridized carbons (Fsp3) is 0.304. The summed E-state index contributed by atoms with van der Waals surface area (Å²) in [6.45, 7) is 0.00306. The first kappa shape index (κ1) is 25.4. The van der Waals surface area contributed by atoms with Crippen LogP contribution in [-0.4, -0.2) is 48.7 Å². The van der Waals surface area contributed by atoms with Crippen LogP contribution in [0.15, 0.2) is 65.2 Å². The molecule has 3 N–H and O–H groups in total. The van der Waals surface area contributed by atoms with Crippen LogP contribution in [0.1, 0.15) is 24.5 Å². The van der Waals surface area contributed by atoms with Gasteiger partial charge in [0.15, 0.2) is 6.10 Å². The van der Waals surface area contributed by atoms with E-state index in [1.807, 2.05) is 0 Å². The van der Waals surface area contributed by atoms with Crippen molar-refractivity contribution in [2.24, 2.45) is 0 Å². The number of carbonyl (C=O) groups excluding carboxylic acids is 1. The van der Waals surface area contributed by atoms with Gasteiger partial charge < -0.3 is 24.4 Å². The lowest BCUT2D eigenvalue weighted by Crippen LogP contribution is -2.28. The number of aliphatic carboxylic acids is 1. The predicted molar refractivity (Wildman–Crippen MR) is 123 cm³/mol. The van der Waals surface area contributed by atoms with Crippen LogP contribution in [0.4, 0.5) is 10.5 Å². The van der Waals surface area contributed by atoms with Crippen molar-refractivity contribution in [1.29, 1.82) is 0 Å². The first-order valence-corrected chi connectivity index (χ1v) is 10.7. The van der Waals surface area contributed by atoms with Gasteiger partial charge in [-0.3, -0.25) is 5.32 Å². The number of carbonyl (C=O) groups is 2. The zero-order chi connectivity index (χ0) is 23.3. The molecule has 9 heteroatoms. The van der Waals surface area contributed by atoms with Crippen LogP contribution in [0.3, 0.4) is 0 Å². The van der Waals surface area contributed by atoms with E-state index in [4.69, 9.17) is 24.4 Å². The van der Waals surface area contributed by atoms with Gasteiger partial charge in [-0.05, 0) is 54.8 Å². The average molecular weight is 508 g/mol. The van der Waals surface area contributed by atoms with Gasteiger partial charge >= 0.3 is 12.1 Å². The van der Waals surface area contributed by atoms with Gasteiger partial charge in [0.25, 0.3) is 0 Å². The van der Waals surface area contributed by atoms with Crippen LogP contribution >= 0.6 is 15.9 Å². The molecular formula is C23H26BrNO7. The van der Waals surface area contributed by atoms with Crippen molar-refractivity contribution in [3.05, 3.63) is 70.7 Å². The number of aliphatic hydroxyl groups is 1. The number of rotatable bonds is 12. The maximum Gasteiger partial charge on any atom is 0.412 e. The largest absolute Gasteiger partial charge is 0.491 e. The van der Waals surface area contributed by atoms with Crippen molar-refractivity contribution < 1.29 is 34.0 Å². The topological polar surface area (TPSA) is 114 Å². The summed E-state index contributed by atoms with van der Waals surface area (Å²) in [6, 6.07) is 14.0. The number of hydrogen-bond acceptors (Lipinski definition) is 6. The number of carboxylic acids is 1. The Bertz CT molecular complexity index is 901. The SMILES string of the molecule is CO[C@@H](CC/C=C/C(=O)O)[C@@H](OC(=O)Nc1ccc(Br)cc1)c1cccc(OCCO)c1. The molecule has 0 saturated heterocycles. The van der Waals surface area contributed by atoms with Crippen LogP contribution in [0, 0.1) is 0 Å². The summed E-state index contributed by atoms with van der Waals surface area (Å²) >= 11 is 3.34. The number of anilines is 1. The van der Waals surface area contributed by atoms with Gasteiger partial charge in [0.05, 0.1) is 12.7 Å². The normalized spacial score (nSPS) is 12.8. The zero-order valence-corrected chi connectivity index (χ0v) is 19.2. The maximum atomic E-state index is 12.6. The number of amides is 1. The molecular weight excluding hydrogens is 482 g/mol. The molecule has 32 heavy (non-hydrogen) atoms. The summed E-state index contributed by atoms with van der Waals surface area (Å²) in [4.78, 5) is 23.3. The fourth-order valence-corrected chi connectivity index (χ4v) is 3.20. The van der Waals surface area contributed by atoms with E-state index in [-0.39, 0.29) is 13.2 Å². The lowest BCUT2D eigenvalue weighted by Gasteiger charge is -2.26. The highest BCUT2D eigenvalue weighted by Gasteiger charge is 2.27. The number of allylic oxidation sites excluding steroid dienone is 1. The third-order valence-corrected chi connectivity index (χ3v) is 4.92. The Morgan fingerprint density at radius 1 is 1.19 bits per heavy atom. The number of nitrogens with one attached hydrogen (secondary N) is 1. The van der Waals surface area contributed by atoms with E-state index in [2.05, 4.69) is 21.2 Å². The Labute approximate surface area is 194 Å². The number of halogens is 1. The summed E-state index contributed by atoms with van der Waals surface area (Å²) in [5.74, 6) is -0.520. The van der Waals surface area contributed by atoms with Gasteiger partial charge in [0.1, 0.15) is 12.4 Å². The first-order valence-electron chi connectivity index (χ1n) is 9.92. The summed E-state index contributed by atoms with van der Waals surface area (Å²) in [5.41, 5.74) is 1.20. The number of aliphatic hydroxyl groups excluding tert-OH is 1. The molecule has 0 bridgehead atoms. The van der Waals surface area contributed by atoms with Crippen molar-refractivity contribution in [2.75, 3.05) is 25.6 Å². The number of benzene rings is 2. The van der Waals surface area contributed by atoms with E-state index in [1.165, 1.54) is 13.2 Å². The minimum atomic E-state index is -1.03. The Morgan fingerprint density at radius 2 is 1.94 bits per heavy atom. The molecule has 0 unspecified atom stereocenters. The standard InChI is InChI=1S/C23H26BrNO7/c1-30-20(7-2-3-8-21(27)28)22(16-5-4-6-19(15-16)31-14-13-26)32-23(29)25-18-11-9-17(24)10-12-18/h3-6,8-12,15,20,22,26H,2,7,13-14H2,1H3,(H,25,29)(H,27,28)/b8-3+/t20-,22-/m0/s1. The number of hydrogen-bond donors (Lipinski definition) is 3. The van der Waals surface area contributed by atoms with Gasteiger partial charge in [-0.15, -0.1) is 0 Å². The highest BCUT2D eigenvalue weighted by Crippen LogP contribution is 2.30. The second-order valence-electron chi connectivity index (χ2n) is 6.69. The summed E-state index contributed by atoms with van der Waals surface area (Å²) < 4.78 is 17.7. The molecule has 0 saturated carbocycles. The average Bonchev–Trinajstić information content (AvgIpc) is 2.78. The van der Waals surface area contributed by atoms with Crippen LogP contribution in [0.2, 0.25) is 0 Å². The van der Waals surface area contributed by atoms with Gasteiger partial charge in [0, 0.05) is 23.3 Å². The Morgan fingerprint density at radius 3 is 2.59 bits per heavy atom. The number of carboxylic acid groups (broad SMARTS) is 1. The van der Waals surface area contributed by atoms with E-state index < -0.39 is 24.3 Å². The van der Waals surface area contributed by atoms with Crippen LogP contribution < -0.4 is 10.1 Å². The zero-order valence-electron chi connectivity index (χ0n) is 17.6. The molecule has 0 aromatic heterocycles. The monoisotopic (exact) mass is 507 g/mol. The van der Waals surface area contributed by atoms with E-state index in [1.54, 1.807) is 48.5 Å². The molecule has 2 atom stereocenters. The molecule has 0 heterocycles. The number of methoxy groups -OCH3 is 1.